The first-order valence-electron chi connectivity index (χ1n) is 7.32. The second-order valence-electron chi connectivity index (χ2n) is 5.34. The summed E-state index contributed by atoms with van der Waals surface area (Å²) in [6, 6.07) is 9.76. The highest BCUT2D eigenvalue weighted by Crippen LogP contribution is 2.33. The molecular weight excluding hydrogens is 346 g/mol. The smallest absolute Gasteiger partial charge is 0.271 e. The van der Waals surface area contributed by atoms with Crippen LogP contribution in [0.5, 0.6) is 11.5 Å². The minimum Gasteiger partial charge on any atom is -0.454 e. The second kappa shape index (κ2) is 6.02. The Morgan fingerprint density at radius 1 is 1.24 bits per heavy atom. The molecule has 126 valence electrons. The Balaban J connectivity index is 1.48. The molecule has 9 heteroatoms. The third-order valence-electron chi connectivity index (χ3n) is 3.63. The molecule has 0 atom stereocenters. The Kier molecular flexibility index (Phi) is 3.69. The number of benzene rings is 2. The summed E-state index contributed by atoms with van der Waals surface area (Å²) in [7, 11) is 0. The number of carbonyl (C=O) groups excluding carboxylic acids is 1. The lowest BCUT2D eigenvalue weighted by molar-refractivity contribution is -0.384. The van der Waals surface area contributed by atoms with Crippen molar-refractivity contribution in [1.82, 2.24) is 4.98 Å². The lowest BCUT2D eigenvalue weighted by atomic mass is 10.1. The van der Waals surface area contributed by atoms with E-state index in [1.54, 1.807) is 24.3 Å². The summed E-state index contributed by atoms with van der Waals surface area (Å²) in [6.07, 6.45) is 0.159. The van der Waals surface area contributed by atoms with E-state index in [0.717, 1.165) is 10.3 Å². The predicted octanol–water partition coefficient (Wildman–Crippen LogP) is 3.11. The van der Waals surface area contributed by atoms with Crippen LogP contribution in [0.15, 0.2) is 36.4 Å². The highest BCUT2D eigenvalue weighted by Gasteiger charge is 2.16. The highest BCUT2D eigenvalue weighted by molar-refractivity contribution is 7.22. The van der Waals surface area contributed by atoms with Crippen molar-refractivity contribution in [1.29, 1.82) is 0 Å². The molecule has 1 aromatic heterocycles. The molecule has 1 aliphatic rings. The van der Waals surface area contributed by atoms with Gasteiger partial charge in [0.05, 0.1) is 21.6 Å². The van der Waals surface area contributed by atoms with Gasteiger partial charge in [-0.05, 0) is 23.8 Å². The van der Waals surface area contributed by atoms with Gasteiger partial charge in [-0.2, -0.15) is 0 Å². The topological polar surface area (TPSA) is 104 Å². The van der Waals surface area contributed by atoms with Gasteiger partial charge in [0.2, 0.25) is 12.7 Å². The zero-order valence-corrected chi connectivity index (χ0v) is 13.5. The molecule has 3 aromatic rings. The number of anilines is 1. The van der Waals surface area contributed by atoms with E-state index < -0.39 is 4.92 Å². The SMILES string of the molecule is O=C(Cc1ccc2c(c1)OCO2)Nc1nc2cc([N+](=O)[O-])ccc2s1. The van der Waals surface area contributed by atoms with Gasteiger partial charge in [-0.3, -0.25) is 14.9 Å². The van der Waals surface area contributed by atoms with Crippen LogP contribution in [0.1, 0.15) is 5.56 Å². The number of nitro groups is 1. The van der Waals surface area contributed by atoms with Gasteiger partial charge in [0.1, 0.15) is 0 Å². The van der Waals surface area contributed by atoms with E-state index in [2.05, 4.69) is 10.3 Å². The standard InChI is InChI=1S/C16H11N3O5S/c20-15(6-9-1-3-12-13(5-9)24-8-23-12)18-16-17-11-7-10(19(21)22)2-4-14(11)25-16/h1-5,7H,6,8H2,(H,17,18,20). The molecule has 0 saturated heterocycles. The van der Waals surface area contributed by atoms with Gasteiger partial charge < -0.3 is 14.8 Å². The summed E-state index contributed by atoms with van der Waals surface area (Å²) in [5.74, 6) is 1.06. The average Bonchev–Trinajstić information content (AvgIpc) is 3.18. The maximum absolute atomic E-state index is 12.2. The molecule has 0 fully saturated rings. The third kappa shape index (κ3) is 3.09. The Morgan fingerprint density at radius 3 is 2.92 bits per heavy atom. The number of amides is 1. The van der Waals surface area contributed by atoms with Crippen LogP contribution >= 0.6 is 11.3 Å². The van der Waals surface area contributed by atoms with Crippen LogP contribution in [-0.4, -0.2) is 22.6 Å². The molecule has 1 N–H and O–H groups in total. The van der Waals surface area contributed by atoms with Gasteiger partial charge in [0.15, 0.2) is 16.6 Å². The Bertz CT molecular complexity index is 1000. The lowest BCUT2D eigenvalue weighted by Gasteiger charge is -2.03. The van der Waals surface area contributed by atoms with Crippen LogP contribution < -0.4 is 14.8 Å². The Hall–Kier alpha value is -3.20. The summed E-state index contributed by atoms with van der Waals surface area (Å²) in [6.45, 7) is 0.183. The fourth-order valence-corrected chi connectivity index (χ4v) is 3.34. The maximum Gasteiger partial charge on any atom is 0.271 e. The molecule has 0 bridgehead atoms. The molecule has 0 radical (unpaired) electrons. The Labute approximate surface area is 145 Å². The number of ether oxygens (including phenoxy) is 2. The van der Waals surface area contributed by atoms with Crippen LogP contribution in [-0.2, 0) is 11.2 Å². The Morgan fingerprint density at radius 2 is 2.08 bits per heavy atom. The van der Waals surface area contributed by atoms with Crippen molar-refractivity contribution in [3.05, 3.63) is 52.1 Å². The second-order valence-corrected chi connectivity index (χ2v) is 6.37. The first kappa shape index (κ1) is 15.3. The molecule has 1 aliphatic heterocycles. The number of nitrogens with one attached hydrogen (secondary N) is 1. The lowest BCUT2D eigenvalue weighted by Crippen LogP contribution is -2.14. The molecule has 1 amide bonds. The van der Waals surface area contributed by atoms with Crippen molar-refractivity contribution in [2.45, 2.75) is 6.42 Å². The number of non-ortho nitro benzene ring substituents is 1. The zero-order valence-electron chi connectivity index (χ0n) is 12.7. The molecule has 8 nitrogen and oxygen atoms in total. The minimum atomic E-state index is -0.476. The van der Waals surface area contributed by atoms with Crippen LogP contribution in [0.25, 0.3) is 10.2 Å². The zero-order chi connectivity index (χ0) is 17.4. The molecule has 2 aromatic carbocycles. The van der Waals surface area contributed by atoms with E-state index in [-0.39, 0.29) is 24.8 Å². The van der Waals surface area contributed by atoms with Crippen LogP contribution in [0.2, 0.25) is 0 Å². The van der Waals surface area contributed by atoms with Crippen molar-refractivity contribution in [3.8, 4) is 11.5 Å². The number of rotatable bonds is 4. The normalized spacial score (nSPS) is 12.3. The number of nitro benzene ring substituents is 1. The predicted molar refractivity (Wildman–Crippen MR) is 91.2 cm³/mol. The van der Waals surface area contributed by atoms with Gasteiger partial charge in [0.25, 0.3) is 5.69 Å². The first-order valence-corrected chi connectivity index (χ1v) is 8.13. The third-order valence-corrected chi connectivity index (χ3v) is 4.58. The highest BCUT2D eigenvalue weighted by atomic mass is 32.1. The van der Waals surface area contributed by atoms with Gasteiger partial charge in [0, 0.05) is 12.1 Å². The summed E-state index contributed by atoms with van der Waals surface area (Å²) < 4.78 is 11.3. The minimum absolute atomic E-state index is 0.0314. The fraction of sp³-hybridized carbons (Fsp3) is 0.125. The van der Waals surface area contributed by atoms with E-state index in [4.69, 9.17) is 9.47 Å². The monoisotopic (exact) mass is 357 g/mol. The molecule has 4 rings (SSSR count). The summed E-state index contributed by atoms with van der Waals surface area (Å²) in [4.78, 5) is 26.8. The largest absolute Gasteiger partial charge is 0.454 e. The molecule has 0 saturated carbocycles. The van der Waals surface area contributed by atoms with Gasteiger partial charge in [-0.15, -0.1) is 0 Å². The van der Waals surface area contributed by atoms with Gasteiger partial charge in [-0.25, -0.2) is 4.98 Å². The quantitative estimate of drug-likeness (QED) is 0.568. The fourth-order valence-electron chi connectivity index (χ4n) is 2.48. The molecule has 25 heavy (non-hydrogen) atoms. The number of thiazole rings is 1. The van der Waals surface area contributed by atoms with Crippen molar-refractivity contribution < 1.29 is 19.2 Å². The van der Waals surface area contributed by atoms with Crippen LogP contribution in [0.4, 0.5) is 10.8 Å². The number of nitrogens with zero attached hydrogens (tertiary/aromatic N) is 2. The van der Waals surface area contributed by atoms with E-state index >= 15 is 0 Å². The number of hydrogen-bond donors (Lipinski definition) is 1. The average molecular weight is 357 g/mol. The molecule has 0 unspecified atom stereocenters. The number of fused-ring (bicyclic) bond motifs is 2. The molecule has 2 heterocycles. The van der Waals surface area contributed by atoms with E-state index in [0.29, 0.717) is 22.1 Å². The van der Waals surface area contributed by atoms with Gasteiger partial charge >= 0.3 is 0 Å². The van der Waals surface area contributed by atoms with E-state index in [1.807, 2.05) is 0 Å². The van der Waals surface area contributed by atoms with Crippen LogP contribution in [0, 0.1) is 10.1 Å². The van der Waals surface area contributed by atoms with Crippen molar-refractivity contribution >= 4 is 38.3 Å². The van der Waals surface area contributed by atoms with Gasteiger partial charge in [-0.1, -0.05) is 17.4 Å². The summed E-state index contributed by atoms with van der Waals surface area (Å²) >= 11 is 1.27. The number of aromatic nitrogens is 1. The summed E-state index contributed by atoms with van der Waals surface area (Å²) in [5, 5.41) is 13.9. The van der Waals surface area contributed by atoms with E-state index in [9.17, 15) is 14.9 Å². The summed E-state index contributed by atoms with van der Waals surface area (Å²) in [5.41, 5.74) is 1.24. The van der Waals surface area contributed by atoms with E-state index in [1.165, 1.54) is 23.5 Å². The first-order chi connectivity index (χ1) is 12.1. The molecule has 0 spiro atoms. The maximum atomic E-state index is 12.2. The number of carbonyl (C=O) groups is 1. The number of hydrogen-bond acceptors (Lipinski definition) is 7. The van der Waals surface area contributed by atoms with Crippen molar-refractivity contribution in [2.24, 2.45) is 0 Å². The molecular formula is C16H11N3O5S. The van der Waals surface area contributed by atoms with Crippen molar-refractivity contribution in [2.75, 3.05) is 12.1 Å². The molecule has 0 aliphatic carbocycles. The van der Waals surface area contributed by atoms with Crippen LogP contribution in [0.3, 0.4) is 0 Å². The van der Waals surface area contributed by atoms with Crippen molar-refractivity contribution in [3.63, 3.8) is 0 Å².